The molecule has 1 aromatic rings. The Hall–Kier alpha value is -2.48. The average Bonchev–Trinajstić information content (AvgIpc) is 2.62. The number of amides is 1. The summed E-state index contributed by atoms with van der Waals surface area (Å²) in [4.78, 5) is 42.6. The Morgan fingerprint density at radius 3 is 2.54 bits per heavy atom. The molecule has 24 heavy (non-hydrogen) atoms. The number of piperidine rings is 1. The number of hydrogen-bond donors (Lipinski definition) is 1. The summed E-state index contributed by atoms with van der Waals surface area (Å²) in [7, 11) is 4.87. The first-order chi connectivity index (χ1) is 11.5. The number of anilines is 2. The van der Waals surface area contributed by atoms with Crippen LogP contribution in [0.25, 0.3) is 0 Å². The lowest BCUT2D eigenvalue weighted by molar-refractivity contribution is -0.130. The quantitative estimate of drug-likeness (QED) is 0.468. The number of ether oxygens (including phenoxy) is 1. The van der Waals surface area contributed by atoms with Crippen molar-refractivity contribution in [3.8, 4) is 0 Å². The minimum absolute atomic E-state index is 0.112. The molecule has 0 atom stereocenters. The summed E-state index contributed by atoms with van der Waals surface area (Å²) in [5, 5.41) is 3.23. The fourth-order valence-electron chi connectivity index (χ4n) is 2.77. The third-order valence-electron chi connectivity index (χ3n) is 3.99. The van der Waals surface area contributed by atoms with Gasteiger partial charge in [0.2, 0.25) is 6.29 Å². The van der Waals surface area contributed by atoms with Gasteiger partial charge in [-0.3, -0.25) is 14.5 Å². The number of hydrogen-bond acceptors (Lipinski definition) is 7. The van der Waals surface area contributed by atoms with Crippen molar-refractivity contribution in [2.45, 2.75) is 18.9 Å². The maximum absolute atomic E-state index is 12.2. The second-order valence-corrected chi connectivity index (χ2v) is 5.76. The van der Waals surface area contributed by atoms with Crippen LogP contribution in [0.5, 0.6) is 0 Å². The molecule has 0 bridgehead atoms. The van der Waals surface area contributed by atoms with Crippen molar-refractivity contribution in [2.24, 2.45) is 0 Å². The fourth-order valence-corrected chi connectivity index (χ4v) is 2.77. The molecule has 1 saturated heterocycles. The second-order valence-electron chi connectivity index (χ2n) is 5.76. The van der Waals surface area contributed by atoms with E-state index in [4.69, 9.17) is 4.74 Å². The molecule has 1 aliphatic heterocycles. The Kier molecular flexibility index (Phi) is 5.86. The zero-order chi connectivity index (χ0) is 17.7. The third kappa shape index (κ3) is 3.70. The Bertz CT molecular complexity index is 627. The molecule has 0 aromatic carbocycles. The van der Waals surface area contributed by atoms with Gasteiger partial charge >= 0.3 is 5.97 Å². The first kappa shape index (κ1) is 17.9. The van der Waals surface area contributed by atoms with Gasteiger partial charge in [0.1, 0.15) is 0 Å². The molecule has 2 heterocycles. The number of carbonyl (C=O) groups excluding carboxylic acids is 3. The smallest absolute Gasteiger partial charge is 0.339 e. The van der Waals surface area contributed by atoms with Crippen LogP contribution in [0.4, 0.5) is 11.5 Å². The largest absolute Gasteiger partial charge is 0.465 e. The maximum atomic E-state index is 12.2. The van der Waals surface area contributed by atoms with E-state index in [0.717, 1.165) is 25.9 Å². The van der Waals surface area contributed by atoms with E-state index in [1.165, 1.54) is 18.2 Å². The number of rotatable bonds is 5. The fraction of sp³-hybridized carbons (Fsp3) is 0.500. The highest BCUT2D eigenvalue weighted by molar-refractivity contribution is 6.31. The highest BCUT2D eigenvalue weighted by atomic mass is 16.5. The van der Waals surface area contributed by atoms with E-state index in [1.807, 2.05) is 0 Å². The van der Waals surface area contributed by atoms with Gasteiger partial charge in [-0.1, -0.05) is 0 Å². The molecule has 8 nitrogen and oxygen atoms in total. The SMILES string of the molecule is COC(=O)c1cnc(N(C(=O)C=O)C2CCNCC2)c(N(C)C)c1. The van der Waals surface area contributed by atoms with Gasteiger partial charge in [0, 0.05) is 26.3 Å². The third-order valence-corrected chi connectivity index (χ3v) is 3.99. The van der Waals surface area contributed by atoms with Gasteiger partial charge in [-0.25, -0.2) is 9.78 Å². The minimum Gasteiger partial charge on any atom is -0.465 e. The molecule has 1 N–H and O–H groups in total. The number of esters is 1. The van der Waals surface area contributed by atoms with Gasteiger partial charge in [-0.2, -0.15) is 0 Å². The Labute approximate surface area is 140 Å². The lowest BCUT2D eigenvalue weighted by atomic mass is 10.0. The highest BCUT2D eigenvalue weighted by Gasteiger charge is 2.30. The molecule has 2 rings (SSSR count). The lowest BCUT2D eigenvalue weighted by Crippen LogP contribution is -2.47. The van der Waals surface area contributed by atoms with E-state index in [1.54, 1.807) is 25.1 Å². The maximum Gasteiger partial charge on any atom is 0.339 e. The lowest BCUT2D eigenvalue weighted by Gasteiger charge is -2.34. The molecule has 0 aliphatic carbocycles. The molecule has 0 saturated carbocycles. The van der Waals surface area contributed by atoms with Crippen LogP contribution in [-0.2, 0) is 14.3 Å². The van der Waals surface area contributed by atoms with Gasteiger partial charge < -0.3 is 15.0 Å². The van der Waals surface area contributed by atoms with Crippen LogP contribution in [0.1, 0.15) is 23.2 Å². The zero-order valence-corrected chi connectivity index (χ0v) is 14.1. The van der Waals surface area contributed by atoms with Crippen LogP contribution in [0.15, 0.2) is 12.3 Å². The van der Waals surface area contributed by atoms with Crippen LogP contribution < -0.4 is 15.1 Å². The van der Waals surface area contributed by atoms with Crippen molar-refractivity contribution in [1.82, 2.24) is 10.3 Å². The summed E-state index contributed by atoms with van der Waals surface area (Å²) >= 11 is 0. The Morgan fingerprint density at radius 1 is 1.33 bits per heavy atom. The molecule has 0 radical (unpaired) electrons. The van der Waals surface area contributed by atoms with Crippen LogP contribution in [0, 0.1) is 0 Å². The van der Waals surface area contributed by atoms with E-state index in [0.29, 0.717) is 17.8 Å². The second kappa shape index (κ2) is 7.87. The van der Waals surface area contributed by atoms with E-state index in [2.05, 4.69) is 10.3 Å². The summed E-state index contributed by atoms with van der Waals surface area (Å²) in [6.45, 7) is 1.54. The molecule has 0 unspecified atom stereocenters. The minimum atomic E-state index is -0.636. The van der Waals surface area contributed by atoms with E-state index in [-0.39, 0.29) is 11.6 Å². The molecule has 8 heteroatoms. The van der Waals surface area contributed by atoms with E-state index < -0.39 is 11.9 Å². The van der Waals surface area contributed by atoms with E-state index in [9.17, 15) is 14.4 Å². The predicted octanol–water partition coefficient (Wildman–Crippen LogP) is 0.218. The molecule has 0 spiro atoms. The first-order valence-corrected chi connectivity index (χ1v) is 7.74. The van der Waals surface area contributed by atoms with Gasteiger partial charge in [-0.05, 0) is 32.0 Å². The van der Waals surface area contributed by atoms with Crippen molar-refractivity contribution in [2.75, 3.05) is 44.1 Å². The zero-order valence-electron chi connectivity index (χ0n) is 14.1. The number of methoxy groups -OCH3 is 1. The van der Waals surface area contributed by atoms with Crippen LogP contribution in [-0.4, -0.2) is 63.5 Å². The molecule has 130 valence electrons. The van der Waals surface area contributed by atoms with Crippen molar-refractivity contribution in [3.63, 3.8) is 0 Å². The number of nitrogens with zero attached hydrogens (tertiary/aromatic N) is 3. The normalized spacial score (nSPS) is 14.8. The molecular formula is C16H22N4O4. The molecular weight excluding hydrogens is 312 g/mol. The summed E-state index contributed by atoms with van der Waals surface area (Å²) < 4.78 is 4.71. The van der Waals surface area contributed by atoms with Crippen molar-refractivity contribution in [1.29, 1.82) is 0 Å². The van der Waals surface area contributed by atoms with Crippen molar-refractivity contribution >= 4 is 29.7 Å². The summed E-state index contributed by atoms with van der Waals surface area (Å²) in [5.41, 5.74) is 0.861. The van der Waals surface area contributed by atoms with Crippen molar-refractivity contribution < 1.29 is 19.1 Å². The molecule has 1 amide bonds. The molecule has 1 fully saturated rings. The number of carbonyl (C=O) groups is 3. The molecule has 1 aliphatic rings. The van der Waals surface area contributed by atoms with Gasteiger partial charge in [0.05, 0.1) is 18.4 Å². The average molecular weight is 334 g/mol. The molecule has 1 aromatic heterocycles. The van der Waals surface area contributed by atoms with Crippen LogP contribution in [0.2, 0.25) is 0 Å². The predicted molar refractivity (Wildman–Crippen MR) is 89.3 cm³/mol. The topological polar surface area (TPSA) is 91.8 Å². The summed E-state index contributed by atoms with van der Waals surface area (Å²) in [6, 6.07) is 1.50. The Morgan fingerprint density at radius 2 is 2.00 bits per heavy atom. The first-order valence-electron chi connectivity index (χ1n) is 7.74. The van der Waals surface area contributed by atoms with Crippen LogP contribution in [0.3, 0.4) is 0 Å². The monoisotopic (exact) mass is 334 g/mol. The van der Waals surface area contributed by atoms with Crippen molar-refractivity contribution in [3.05, 3.63) is 17.8 Å². The van der Waals surface area contributed by atoms with Gasteiger partial charge in [-0.15, -0.1) is 0 Å². The Balaban J connectivity index is 2.49. The number of nitrogens with one attached hydrogen (secondary N) is 1. The number of aromatic nitrogens is 1. The van der Waals surface area contributed by atoms with Gasteiger partial charge in [0.25, 0.3) is 5.91 Å². The summed E-state index contributed by atoms with van der Waals surface area (Å²) in [6.07, 6.45) is 3.12. The van der Waals surface area contributed by atoms with Crippen LogP contribution >= 0.6 is 0 Å². The standard InChI is InChI=1S/C16H22N4O4/c1-19(2)13-8-11(16(23)24-3)9-18-15(13)20(14(22)10-21)12-4-6-17-7-5-12/h8-10,12,17H,4-7H2,1-3H3. The van der Waals surface area contributed by atoms with E-state index >= 15 is 0 Å². The number of pyridine rings is 1. The summed E-state index contributed by atoms with van der Waals surface area (Å²) in [5.74, 6) is -0.771. The van der Waals surface area contributed by atoms with Gasteiger partial charge in [0.15, 0.2) is 5.82 Å². The highest BCUT2D eigenvalue weighted by Crippen LogP contribution is 2.30. The number of aldehydes is 1.